The number of likely N-dealkylation sites (tertiary alicyclic amines) is 1. The average molecular weight is 259 g/mol. The number of rotatable bonds is 1. The molecule has 1 aromatic rings. The molecule has 1 fully saturated rings. The van der Waals surface area contributed by atoms with Crippen LogP contribution >= 0.6 is 0 Å². The maximum absolute atomic E-state index is 13.4. The Bertz CT molecular complexity index is 471. The van der Waals surface area contributed by atoms with Crippen molar-refractivity contribution in [3.8, 4) is 0 Å². The number of benzene rings is 1. The van der Waals surface area contributed by atoms with Crippen LogP contribution in [0.1, 0.15) is 23.2 Å². The van der Waals surface area contributed by atoms with E-state index < -0.39 is 35.0 Å². The second-order valence-electron chi connectivity index (χ2n) is 4.27. The first kappa shape index (κ1) is 12.9. The molecule has 98 valence electrons. The zero-order chi connectivity index (χ0) is 13.3. The summed E-state index contributed by atoms with van der Waals surface area (Å²) in [6.07, 6.45) is 0.331. The van der Waals surface area contributed by atoms with Gasteiger partial charge in [0.05, 0.1) is 11.7 Å². The van der Waals surface area contributed by atoms with Crippen molar-refractivity contribution in [2.75, 3.05) is 13.1 Å². The first-order valence-corrected chi connectivity index (χ1v) is 5.61. The number of carbonyl (C=O) groups is 1. The molecule has 6 heteroatoms. The molecule has 1 heterocycles. The Morgan fingerprint density at radius 1 is 1.11 bits per heavy atom. The first-order chi connectivity index (χ1) is 8.49. The van der Waals surface area contributed by atoms with Gasteiger partial charge in [-0.1, -0.05) is 0 Å². The highest BCUT2D eigenvalue weighted by molar-refractivity contribution is 5.94. The lowest BCUT2D eigenvalue weighted by Gasteiger charge is -2.29. The van der Waals surface area contributed by atoms with Crippen LogP contribution in [0.25, 0.3) is 0 Å². The van der Waals surface area contributed by atoms with Crippen LogP contribution in [0.15, 0.2) is 12.1 Å². The molecule has 0 atom stereocenters. The van der Waals surface area contributed by atoms with Crippen LogP contribution in [0.5, 0.6) is 0 Å². The molecule has 1 aromatic carbocycles. The molecule has 3 nitrogen and oxygen atoms in total. The Morgan fingerprint density at radius 3 is 2.28 bits per heavy atom. The minimum Gasteiger partial charge on any atom is -0.393 e. The smallest absolute Gasteiger partial charge is 0.256 e. The first-order valence-electron chi connectivity index (χ1n) is 5.61. The van der Waals surface area contributed by atoms with Crippen LogP contribution < -0.4 is 0 Å². The van der Waals surface area contributed by atoms with Crippen LogP contribution in [0.2, 0.25) is 0 Å². The second-order valence-corrected chi connectivity index (χ2v) is 4.27. The molecule has 0 radical (unpaired) electrons. The lowest BCUT2D eigenvalue weighted by molar-refractivity contribution is 0.0542. The van der Waals surface area contributed by atoms with Crippen LogP contribution in [0, 0.1) is 17.5 Å². The van der Waals surface area contributed by atoms with Gasteiger partial charge in [0.25, 0.3) is 5.91 Å². The molecular weight excluding hydrogens is 247 g/mol. The molecule has 18 heavy (non-hydrogen) atoms. The molecule has 1 N–H and O–H groups in total. The van der Waals surface area contributed by atoms with Crippen molar-refractivity contribution in [1.29, 1.82) is 0 Å². The number of aliphatic hydroxyl groups excluding tert-OH is 1. The van der Waals surface area contributed by atoms with E-state index in [1.165, 1.54) is 4.90 Å². The van der Waals surface area contributed by atoms with Gasteiger partial charge in [0.1, 0.15) is 5.82 Å². The van der Waals surface area contributed by atoms with Gasteiger partial charge in [-0.15, -0.1) is 0 Å². The van der Waals surface area contributed by atoms with E-state index in [1.54, 1.807) is 0 Å². The minimum atomic E-state index is -1.32. The standard InChI is InChI=1S/C12H12F3NO2/c13-9-6-11(15)10(14)5-8(9)12(18)16-3-1-7(17)2-4-16/h5-7,17H,1-4H2. The topological polar surface area (TPSA) is 40.5 Å². The molecule has 1 saturated heterocycles. The molecule has 0 aliphatic carbocycles. The predicted octanol–water partition coefficient (Wildman–Crippen LogP) is 1.70. The SMILES string of the molecule is O=C(c1cc(F)c(F)cc1F)N1CCC(O)CC1. The third-order valence-electron chi connectivity index (χ3n) is 2.99. The lowest BCUT2D eigenvalue weighted by Crippen LogP contribution is -2.40. The summed E-state index contributed by atoms with van der Waals surface area (Å²) in [7, 11) is 0. The summed E-state index contributed by atoms with van der Waals surface area (Å²) in [5, 5.41) is 9.29. The van der Waals surface area contributed by atoms with Crippen molar-refractivity contribution < 1.29 is 23.1 Å². The Labute approximate surface area is 102 Å². The Morgan fingerprint density at radius 2 is 1.67 bits per heavy atom. The summed E-state index contributed by atoms with van der Waals surface area (Å²) >= 11 is 0. The summed E-state index contributed by atoms with van der Waals surface area (Å²) in [6, 6.07) is 0.930. The molecular formula is C12H12F3NO2. The summed E-state index contributed by atoms with van der Waals surface area (Å²) in [5.41, 5.74) is -0.481. The second kappa shape index (κ2) is 4.97. The number of aliphatic hydroxyl groups is 1. The third kappa shape index (κ3) is 2.48. The highest BCUT2D eigenvalue weighted by atomic mass is 19.2. The van der Waals surface area contributed by atoms with E-state index in [-0.39, 0.29) is 13.1 Å². The van der Waals surface area contributed by atoms with Gasteiger partial charge in [-0.05, 0) is 18.9 Å². The lowest BCUT2D eigenvalue weighted by atomic mass is 10.1. The number of hydrogen-bond donors (Lipinski definition) is 1. The Kier molecular flexibility index (Phi) is 3.56. The maximum atomic E-state index is 13.4. The van der Waals surface area contributed by atoms with E-state index >= 15 is 0 Å². The number of carbonyl (C=O) groups excluding carboxylic acids is 1. The van der Waals surface area contributed by atoms with Gasteiger partial charge >= 0.3 is 0 Å². The van der Waals surface area contributed by atoms with Gasteiger partial charge in [-0.25, -0.2) is 13.2 Å². The maximum Gasteiger partial charge on any atom is 0.256 e. The van der Waals surface area contributed by atoms with Crippen LogP contribution in [0.4, 0.5) is 13.2 Å². The van der Waals surface area contributed by atoms with Crippen molar-refractivity contribution in [2.45, 2.75) is 18.9 Å². The molecule has 1 aliphatic heterocycles. The fourth-order valence-electron chi connectivity index (χ4n) is 1.93. The average Bonchev–Trinajstić information content (AvgIpc) is 2.34. The highest BCUT2D eigenvalue weighted by Crippen LogP contribution is 2.18. The van der Waals surface area contributed by atoms with E-state index in [1.807, 2.05) is 0 Å². The molecule has 2 rings (SSSR count). The molecule has 1 aliphatic rings. The van der Waals surface area contributed by atoms with E-state index in [2.05, 4.69) is 0 Å². The van der Waals surface area contributed by atoms with Crippen LogP contribution in [-0.2, 0) is 0 Å². The number of piperidine rings is 1. The number of amides is 1. The molecule has 0 spiro atoms. The van der Waals surface area contributed by atoms with Crippen molar-refractivity contribution >= 4 is 5.91 Å². The van der Waals surface area contributed by atoms with Gasteiger partial charge in [0.2, 0.25) is 0 Å². The van der Waals surface area contributed by atoms with Gasteiger partial charge in [-0.3, -0.25) is 4.79 Å². The quantitative estimate of drug-likeness (QED) is 0.780. The fraction of sp³-hybridized carbons (Fsp3) is 0.417. The van der Waals surface area contributed by atoms with Crippen molar-refractivity contribution in [2.24, 2.45) is 0 Å². The molecule has 1 amide bonds. The molecule has 0 bridgehead atoms. The van der Waals surface area contributed by atoms with Crippen molar-refractivity contribution in [3.63, 3.8) is 0 Å². The summed E-state index contributed by atoms with van der Waals surface area (Å²) in [5.74, 6) is -4.33. The Hall–Kier alpha value is -1.56. The molecule has 0 unspecified atom stereocenters. The Balaban J connectivity index is 2.21. The summed E-state index contributed by atoms with van der Waals surface area (Å²) in [6.45, 7) is 0.552. The van der Waals surface area contributed by atoms with Gasteiger partial charge in [-0.2, -0.15) is 0 Å². The zero-order valence-electron chi connectivity index (χ0n) is 9.50. The van der Waals surface area contributed by atoms with Gasteiger partial charge < -0.3 is 10.0 Å². The summed E-state index contributed by atoms with van der Waals surface area (Å²) < 4.78 is 39.1. The van der Waals surface area contributed by atoms with E-state index in [9.17, 15) is 23.1 Å². The minimum absolute atomic E-state index is 0.276. The van der Waals surface area contributed by atoms with Crippen LogP contribution in [-0.4, -0.2) is 35.1 Å². The fourth-order valence-corrected chi connectivity index (χ4v) is 1.93. The van der Waals surface area contributed by atoms with Crippen molar-refractivity contribution in [3.05, 3.63) is 35.1 Å². The van der Waals surface area contributed by atoms with E-state index in [4.69, 9.17) is 0 Å². The number of halogens is 3. The van der Waals surface area contributed by atoms with Crippen LogP contribution in [0.3, 0.4) is 0 Å². The third-order valence-corrected chi connectivity index (χ3v) is 2.99. The number of nitrogens with zero attached hydrogens (tertiary/aromatic N) is 1. The summed E-state index contributed by atoms with van der Waals surface area (Å²) in [4.78, 5) is 13.2. The van der Waals surface area contributed by atoms with Gasteiger partial charge in [0, 0.05) is 19.2 Å². The largest absolute Gasteiger partial charge is 0.393 e. The zero-order valence-corrected chi connectivity index (χ0v) is 9.50. The number of hydrogen-bond acceptors (Lipinski definition) is 2. The molecule has 0 aromatic heterocycles. The molecule has 0 saturated carbocycles. The predicted molar refractivity (Wildman–Crippen MR) is 57.5 cm³/mol. The highest BCUT2D eigenvalue weighted by Gasteiger charge is 2.25. The monoisotopic (exact) mass is 259 g/mol. The normalized spacial score (nSPS) is 17.0. The van der Waals surface area contributed by atoms with E-state index in [0.29, 0.717) is 25.0 Å². The van der Waals surface area contributed by atoms with Gasteiger partial charge in [0.15, 0.2) is 11.6 Å². The van der Waals surface area contributed by atoms with E-state index in [0.717, 1.165) is 0 Å². The van der Waals surface area contributed by atoms with Crippen molar-refractivity contribution in [1.82, 2.24) is 4.90 Å².